The molecule has 0 aliphatic heterocycles. The number of primary amides is 2. The first-order chi connectivity index (χ1) is 6.45. The summed E-state index contributed by atoms with van der Waals surface area (Å²) in [6, 6.07) is 0. The molecular formula is C8H6N2O4. The van der Waals surface area contributed by atoms with E-state index in [4.69, 9.17) is 11.5 Å². The molecule has 0 fully saturated rings. The Morgan fingerprint density at radius 2 is 1.57 bits per heavy atom. The van der Waals surface area contributed by atoms with Crippen LogP contribution in [0.4, 0.5) is 0 Å². The van der Waals surface area contributed by atoms with Crippen LogP contribution in [-0.2, 0) is 19.2 Å². The van der Waals surface area contributed by atoms with Gasteiger partial charge < -0.3 is 11.5 Å². The molecular weight excluding hydrogens is 188 g/mol. The van der Waals surface area contributed by atoms with Crippen LogP contribution in [0.3, 0.4) is 0 Å². The second-order valence-corrected chi connectivity index (χ2v) is 2.54. The predicted octanol–water partition coefficient (Wildman–Crippen LogP) is -2.04. The van der Waals surface area contributed by atoms with E-state index >= 15 is 0 Å². The molecule has 0 atom stereocenters. The minimum absolute atomic E-state index is 0.331. The van der Waals surface area contributed by atoms with E-state index in [0.29, 0.717) is 0 Å². The van der Waals surface area contributed by atoms with Gasteiger partial charge in [-0.15, -0.1) is 0 Å². The number of hydrogen-bond donors (Lipinski definition) is 2. The van der Waals surface area contributed by atoms with Crippen molar-refractivity contribution in [2.24, 2.45) is 11.5 Å². The van der Waals surface area contributed by atoms with Gasteiger partial charge in [0.2, 0.25) is 17.5 Å². The summed E-state index contributed by atoms with van der Waals surface area (Å²) >= 11 is 0. The molecule has 14 heavy (non-hydrogen) atoms. The third-order valence-corrected chi connectivity index (χ3v) is 1.63. The third kappa shape index (κ3) is 1.45. The van der Waals surface area contributed by atoms with Gasteiger partial charge in [-0.25, -0.2) is 0 Å². The standard InChI is InChI=1S/C8H6N2O4/c9-7(13)3-1-2-4(11)6(12)5(3)8(10)14/h1-2H,(H2,9,13)(H2,10,14). The zero-order chi connectivity index (χ0) is 10.9. The molecule has 0 heterocycles. The number of amides is 2. The van der Waals surface area contributed by atoms with Crippen LogP contribution in [0, 0.1) is 0 Å². The number of Topliss-reactive ketones (excluding diaryl/α,β-unsaturated/α-hetero) is 1. The molecule has 1 aliphatic carbocycles. The first kappa shape index (κ1) is 9.85. The monoisotopic (exact) mass is 194 g/mol. The van der Waals surface area contributed by atoms with E-state index in [2.05, 4.69) is 0 Å². The zero-order valence-corrected chi connectivity index (χ0v) is 6.94. The van der Waals surface area contributed by atoms with E-state index in [9.17, 15) is 19.2 Å². The van der Waals surface area contributed by atoms with Gasteiger partial charge in [-0.2, -0.15) is 0 Å². The smallest absolute Gasteiger partial charge is 0.253 e. The molecule has 0 saturated heterocycles. The summed E-state index contributed by atoms with van der Waals surface area (Å²) in [6.45, 7) is 0. The Labute approximate surface area is 78.2 Å². The normalized spacial score (nSPS) is 16.0. The number of hydrogen-bond acceptors (Lipinski definition) is 4. The van der Waals surface area contributed by atoms with Gasteiger partial charge in [0.1, 0.15) is 5.57 Å². The van der Waals surface area contributed by atoms with Crippen LogP contribution in [0.15, 0.2) is 23.3 Å². The fraction of sp³-hybridized carbons (Fsp3) is 0. The van der Waals surface area contributed by atoms with Crippen molar-refractivity contribution in [3.05, 3.63) is 23.3 Å². The molecule has 0 aromatic carbocycles. The Kier molecular flexibility index (Phi) is 2.29. The fourth-order valence-electron chi connectivity index (χ4n) is 1.01. The van der Waals surface area contributed by atoms with Gasteiger partial charge >= 0.3 is 0 Å². The minimum Gasteiger partial charge on any atom is -0.366 e. The van der Waals surface area contributed by atoms with E-state index < -0.39 is 29.0 Å². The lowest BCUT2D eigenvalue weighted by atomic mass is 9.94. The molecule has 1 aliphatic rings. The van der Waals surface area contributed by atoms with Gasteiger partial charge in [-0.1, -0.05) is 0 Å². The molecule has 6 heteroatoms. The lowest BCUT2D eigenvalue weighted by Crippen LogP contribution is -2.32. The SMILES string of the molecule is NC(=O)C1=C(C(N)=O)C(=O)C(=O)C=C1. The van der Waals surface area contributed by atoms with E-state index in [1.165, 1.54) is 0 Å². The summed E-state index contributed by atoms with van der Waals surface area (Å²) in [7, 11) is 0. The summed E-state index contributed by atoms with van der Waals surface area (Å²) in [4.78, 5) is 43.5. The maximum absolute atomic E-state index is 11.1. The van der Waals surface area contributed by atoms with Crippen LogP contribution in [0.2, 0.25) is 0 Å². The maximum atomic E-state index is 11.1. The minimum atomic E-state index is -1.14. The summed E-state index contributed by atoms with van der Waals surface area (Å²) < 4.78 is 0. The highest BCUT2D eigenvalue weighted by Crippen LogP contribution is 2.13. The van der Waals surface area contributed by atoms with Gasteiger partial charge in [0.15, 0.2) is 0 Å². The maximum Gasteiger partial charge on any atom is 0.253 e. The number of nitrogens with two attached hydrogens (primary N) is 2. The largest absolute Gasteiger partial charge is 0.366 e. The molecule has 0 unspecified atom stereocenters. The van der Waals surface area contributed by atoms with E-state index in [0.717, 1.165) is 12.2 Å². The second-order valence-electron chi connectivity index (χ2n) is 2.54. The van der Waals surface area contributed by atoms with Gasteiger partial charge in [0.05, 0.1) is 5.57 Å². The molecule has 0 aromatic heterocycles. The van der Waals surface area contributed by atoms with Crippen LogP contribution in [0.25, 0.3) is 0 Å². The topological polar surface area (TPSA) is 120 Å². The molecule has 0 radical (unpaired) electrons. The van der Waals surface area contributed by atoms with E-state index in [1.807, 2.05) is 0 Å². The van der Waals surface area contributed by atoms with Crippen molar-refractivity contribution in [3.63, 3.8) is 0 Å². The first-order valence-electron chi connectivity index (χ1n) is 3.55. The first-order valence-corrected chi connectivity index (χ1v) is 3.55. The highest BCUT2D eigenvalue weighted by Gasteiger charge is 2.29. The Morgan fingerprint density at radius 3 is 2.00 bits per heavy atom. The number of ketones is 2. The van der Waals surface area contributed by atoms with Crippen LogP contribution < -0.4 is 11.5 Å². The Morgan fingerprint density at radius 1 is 1.00 bits per heavy atom. The molecule has 4 N–H and O–H groups in total. The van der Waals surface area contributed by atoms with Gasteiger partial charge in [-0.05, 0) is 12.2 Å². The van der Waals surface area contributed by atoms with Gasteiger partial charge in [0.25, 0.3) is 5.91 Å². The van der Waals surface area contributed by atoms with Crippen molar-refractivity contribution in [2.75, 3.05) is 0 Å². The van der Waals surface area contributed by atoms with Crippen molar-refractivity contribution in [1.82, 2.24) is 0 Å². The number of allylic oxidation sites excluding steroid dienone is 1. The lowest BCUT2D eigenvalue weighted by molar-refractivity contribution is -0.133. The Bertz CT molecular complexity index is 417. The second kappa shape index (κ2) is 3.25. The van der Waals surface area contributed by atoms with Crippen LogP contribution in [-0.4, -0.2) is 23.4 Å². The van der Waals surface area contributed by atoms with Crippen molar-refractivity contribution < 1.29 is 19.2 Å². The van der Waals surface area contributed by atoms with Crippen molar-refractivity contribution in [1.29, 1.82) is 0 Å². The molecule has 0 bridgehead atoms. The third-order valence-electron chi connectivity index (χ3n) is 1.63. The zero-order valence-electron chi connectivity index (χ0n) is 6.94. The van der Waals surface area contributed by atoms with Crippen LogP contribution in [0.1, 0.15) is 0 Å². The summed E-state index contributed by atoms with van der Waals surface area (Å²) in [6.07, 6.45) is 1.88. The number of rotatable bonds is 2. The fourth-order valence-corrected chi connectivity index (χ4v) is 1.01. The predicted molar refractivity (Wildman–Crippen MR) is 44.6 cm³/mol. The molecule has 0 aromatic rings. The molecule has 0 spiro atoms. The van der Waals surface area contributed by atoms with Crippen molar-refractivity contribution in [2.45, 2.75) is 0 Å². The highest BCUT2D eigenvalue weighted by atomic mass is 16.2. The van der Waals surface area contributed by atoms with E-state index in [-0.39, 0.29) is 5.57 Å². The summed E-state index contributed by atoms with van der Waals surface area (Å²) in [5.74, 6) is -4.12. The van der Waals surface area contributed by atoms with E-state index in [1.54, 1.807) is 0 Å². The highest BCUT2D eigenvalue weighted by molar-refractivity contribution is 6.54. The molecule has 0 saturated carbocycles. The van der Waals surface area contributed by atoms with Gasteiger partial charge in [-0.3, -0.25) is 19.2 Å². The number of carbonyl (C=O) groups excluding carboxylic acids is 4. The summed E-state index contributed by atoms with van der Waals surface area (Å²) in [5.41, 5.74) is 8.74. The quantitative estimate of drug-likeness (QED) is 0.299. The molecule has 2 amide bonds. The number of carbonyl (C=O) groups is 4. The summed E-state index contributed by atoms with van der Waals surface area (Å²) in [5, 5.41) is 0. The van der Waals surface area contributed by atoms with Crippen molar-refractivity contribution >= 4 is 23.4 Å². The van der Waals surface area contributed by atoms with Gasteiger partial charge in [0, 0.05) is 0 Å². The Hall–Kier alpha value is -2.24. The Balaban J connectivity index is 3.39. The van der Waals surface area contributed by atoms with Crippen molar-refractivity contribution in [3.8, 4) is 0 Å². The van der Waals surface area contributed by atoms with Crippen LogP contribution in [0.5, 0.6) is 0 Å². The average Bonchev–Trinajstić information content (AvgIpc) is 2.08. The van der Waals surface area contributed by atoms with Crippen LogP contribution >= 0.6 is 0 Å². The average molecular weight is 194 g/mol. The molecule has 72 valence electrons. The lowest BCUT2D eigenvalue weighted by Gasteiger charge is -2.07. The molecule has 1 rings (SSSR count). The molecule has 6 nitrogen and oxygen atoms in total.